The van der Waals surface area contributed by atoms with Crippen LogP contribution in [0, 0.1) is 0 Å². The molecular formula is C16H27NO2S. The van der Waals surface area contributed by atoms with Crippen LogP contribution in [0.25, 0.3) is 0 Å². The lowest BCUT2D eigenvalue weighted by atomic mass is 9.93. The van der Waals surface area contributed by atoms with Crippen LogP contribution in [-0.4, -0.2) is 28.9 Å². The second-order valence-electron chi connectivity index (χ2n) is 6.80. The lowest BCUT2D eigenvalue weighted by Gasteiger charge is -2.23. The molecule has 0 radical (unpaired) electrons. The first-order chi connectivity index (χ1) is 9.45. The molecule has 0 bridgehead atoms. The van der Waals surface area contributed by atoms with Crippen molar-refractivity contribution in [3.8, 4) is 0 Å². The zero-order valence-electron chi connectivity index (χ0n) is 12.9. The van der Waals surface area contributed by atoms with Crippen molar-refractivity contribution in [2.24, 2.45) is 0 Å². The van der Waals surface area contributed by atoms with Crippen molar-refractivity contribution in [2.45, 2.75) is 76.9 Å². The number of hydrogen-bond donors (Lipinski definition) is 1. The summed E-state index contributed by atoms with van der Waals surface area (Å²) in [6, 6.07) is 0. The minimum atomic E-state index is -0.292. The maximum Gasteiger partial charge on any atom is 0.0954 e. The first-order valence-electron chi connectivity index (χ1n) is 7.69. The van der Waals surface area contributed by atoms with E-state index >= 15 is 0 Å². The highest BCUT2D eigenvalue weighted by atomic mass is 32.1. The van der Waals surface area contributed by atoms with Crippen LogP contribution in [0.1, 0.15) is 63.6 Å². The molecular weight excluding hydrogens is 270 g/mol. The first-order valence-corrected chi connectivity index (χ1v) is 8.57. The van der Waals surface area contributed by atoms with Crippen molar-refractivity contribution in [1.29, 1.82) is 0 Å². The molecule has 4 heteroatoms. The highest BCUT2D eigenvalue weighted by molar-refractivity contribution is 7.09. The molecule has 20 heavy (non-hydrogen) atoms. The Labute approximate surface area is 126 Å². The second-order valence-corrected chi connectivity index (χ2v) is 7.74. The molecule has 1 aromatic heterocycles. The Kier molecular flexibility index (Phi) is 5.58. The molecule has 0 amide bonds. The average Bonchev–Trinajstić information content (AvgIpc) is 2.86. The molecule has 1 aliphatic heterocycles. The van der Waals surface area contributed by atoms with Gasteiger partial charge in [0.25, 0.3) is 0 Å². The van der Waals surface area contributed by atoms with Gasteiger partial charge in [-0.2, -0.15) is 0 Å². The summed E-state index contributed by atoms with van der Waals surface area (Å²) in [6.07, 6.45) is 6.13. The van der Waals surface area contributed by atoms with Crippen LogP contribution in [-0.2, 0) is 16.6 Å². The van der Waals surface area contributed by atoms with Gasteiger partial charge in [-0.25, -0.2) is 4.98 Å². The molecule has 2 heterocycles. The predicted molar refractivity (Wildman–Crippen MR) is 83.3 cm³/mol. The fourth-order valence-electron chi connectivity index (χ4n) is 2.47. The fourth-order valence-corrected chi connectivity index (χ4v) is 3.56. The lowest BCUT2D eigenvalue weighted by Crippen LogP contribution is -2.21. The number of thiazole rings is 1. The van der Waals surface area contributed by atoms with Gasteiger partial charge >= 0.3 is 0 Å². The van der Waals surface area contributed by atoms with Gasteiger partial charge in [-0.05, 0) is 32.1 Å². The van der Waals surface area contributed by atoms with E-state index in [1.54, 1.807) is 11.3 Å². The van der Waals surface area contributed by atoms with E-state index < -0.39 is 0 Å². The normalized spacial score (nSPS) is 21.9. The van der Waals surface area contributed by atoms with Gasteiger partial charge < -0.3 is 9.84 Å². The highest BCUT2D eigenvalue weighted by Gasteiger charge is 2.19. The van der Waals surface area contributed by atoms with E-state index in [1.165, 1.54) is 12.8 Å². The summed E-state index contributed by atoms with van der Waals surface area (Å²) in [7, 11) is 0. The minimum Gasteiger partial charge on any atom is -0.393 e. The quantitative estimate of drug-likeness (QED) is 0.901. The maximum atomic E-state index is 10.2. The summed E-state index contributed by atoms with van der Waals surface area (Å²) < 4.78 is 5.70. The van der Waals surface area contributed by atoms with E-state index in [9.17, 15) is 5.11 Å². The third kappa shape index (κ3) is 4.83. The number of hydrogen-bond acceptors (Lipinski definition) is 4. The standard InChI is InChI=1S/C16H27NO2S/c1-16(2,3)14-11-20-15(17-14)10-12(18)7-8-13-6-4-5-9-19-13/h11-13,18H,4-10H2,1-3H3. The molecule has 2 atom stereocenters. The molecule has 1 saturated heterocycles. The van der Waals surface area contributed by atoms with E-state index in [2.05, 4.69) is 31.1 Å². The van der Waals surface area contributed by atoms with Crippen LogP contribution in [0.3, 0.4) is 0 Å². The van der Waals surface area contributed by atoms with E-state index in [-0.39, 0.29) is 11.5 Å². The Hall–Kier alpha value is -0.450. The van der Waals surface area contributed by atoms with Gasteiger partial charge in [0.1, 0.15) is 0 Å². The molecule has 0 aromatic carbocycles. The minimum absolute atomic E-state index is 0.0929. The molecule has 2 rings (SSSR count). The largest absolute Gasteiger partial charge is 0.393 e. The number of rotatable bonds is 5. The SMILES string of the molecule is CC(C)(C)c1csc(CC(O)CCC2CCCCO2)n1. The van der Waals surface area contributed by atoms with Gasteiger partial charge in [0, 0.05) is 23.8 Å². The number of ether oxygens (including phenoxy) is 1. The number of aliphatic hydroxyl groups is 1. The van der Waals surface area contributed by atoms with Crippen LogP contribution in [0.15, 0.2) is 5.38 Å². The molecule has 2 unspecified atom stereocenters. The van der Waals surface area contributed by atoms with Crippen molar-refractivity contribution >= 4 is 11.3 Å². The average molecular weight is 297 g/mol. The van der Waals surface area contributed by atoms with Crippen molar-refractivity contribution in [3.05, 3.63) is 16.1 Å². The second kappa shape index (κ2) is 7.01. The van der Waals surface area contributed by atoms with Gasteiger partial charge in [-0.3, -0.25) is 0 Å². The third-order valence-corrected chi connectivity index (χ3v) is 4.70. The molecule has 0 spiro atoms. The van der Waals surface area contributed by atoms with E-state index in [4.69, 9.17) is 4.74 Å². The lowest BCUT2D eigenvalue weighted by molar-refractivity contribution is 0.00233. The maximum absolute atomic E-state index is 10.2. The van der Waals surface area contributed by atoms with Crippen molar-refractivity contribution in [2.75, 3.05) is 6.61 Å². The Morgan fingerprint density at radius 1 is 1.45 bits per heavy atom. The Bertz CT molecular complexity index is 405. The monoisotopic (exact) mass is 297 g/mol. The summed E-state index contributed by atoms with van der Waals surface area (Å²) in [4.78, 5) is 4.64. The van der Waals surface area contributed by atoms with Crippen LogP contribution < -0.4 is 0 Å². The Morgan fingerprint density at radius 2 is 2.25 bits per heavy atom. The zero-order chi connectivity index (χ0) is 14.6. The van der Waals surface area contributed by atoms with Gasteiger partial charge in [0.15, 0.2) is 0 Å². The molecule has 1 N–H and O–H groups in total. The zero-order valence-corrected chi connectivity index (χ0v) is 13.7. The molecule has 0 saturated carbocycles. The van der Waals surface area contributed by atoms with E-state index in [0.29, 0.717) is 12.5 Å². The van der Waals surface area contributed by atoms with Crippen LogP contribution in [0.4, 0.5) is 0 Å². The number of aliphatic hydroxyl groups excluding tert-OH is 1. The molecule has 0 aliphatic carbocycles. The van der Waals surface area contributed by atoms with Crippen molar-refractivity contribution < 1.29 is 9.84 Å². The number of aromatic nitrogens is 1. The Balaban J connectivity index is 1.76. The smallest absolute Gasteiger partial charge is 0.0954 e. The van der Waals surface area contributed by atoms with Gasteiger partial charge in [0.05, 0.1) is 22.9 Å². The summed E-state index contributed by atoms with van der Waals surface area (Å²) >= 11 is 1.66. The summed E-state index contributed by atoms with van der Waals surface area (Å²) in [5.41, 5.74) is 1.22. The highest BCUT2D eigenvalue weighted by Crippen LogP contribution is 2.25. The molecule has 1 fully saturated rings. The van der Waals surface area contributed by atoms with Crippen LogP contribution >= 0.6 is 11.3 Å². The third-order valence-electron chi connectivity index (χ3n) is 3.83. The fraction of sp³-hybridized carbons (Fsp3) is 0.812. The van der Waals surface area contributed by atoms with Gasteiger partial charge in [0.2, 0.25) is 0 Å². The Morgan fingerprint density at radius 3 is 2.85 bits per heavy atom. The first kappa shape index (κ1) is 15.9. The van der Waals surface area contributed by atoms with Crippen LogP contribution in [0.2, 0.25) is 0 Å². The summed E-state index contributed by atoms with van der Waals surface area (Å²) in [6.45, 7) is 7.40. The van der Waals surface area contributed by atoms with Gasteiger partial charge in [-0.1, -0.05) is 20.8 Å². The van der Waals surface area contributed by atoms with Crippen molar-refractivity contribution in [3.63, 3.8) is 0 Å². The summed E-state index contributed by atoms with van der Waals surface area (Å²) in [5.74, 6) is 0. The van der Waals surface area contributed by atoms with Gasteiger partial charge in [-0.15, -0.1) is 11.3 Å². The molecule has 3 nitrogen and oxygen atoms in total. The summed E-state index contributed by atoms with van der Waals surface area (Å²) in [5, 5.41) is 13.3. The van der Waals surface area contributed by atoms with Crippen LogP contribution in [0.5, 0.6) is 0 Å². The molecule has 114 valence electrons. The van der Waals surface area contributed by atoms with E-state index in [1.807, 2.05) is 0 Å². The predicted octanol–water partition coefficient (Wildman–Crippen LogP) is 3.69. The number of nitrogens with zero attached hydrogens (tertiary/aromatic N) is 1. The molecule has 1 aromatic rings. The molecule has 1 aliphatic rings. The van der Waals surface area contributed by atoms with E-state index in [0.717, 1.165) is 36.6 Å². The van der Waals surface area contributed by atoms with Crippen molar-refractivity contribution in [1.82, 2.24) is 4.98 Å². The topological polar surface area (TPSA) is 42.4 Å².